The summed E-state index contributed by atoms with van der Waals surface area (Å²) in [6, 6.07) is 6.87. The summed E-state index contributed by atoms with van der Waals surface area (Å²) in [6.45, 7) is 7.61. The highest BCUT2D eigenvalue weighted by molar-refractivity contribution is 7.99. The van der Waals surface area contributed by atoms with E-state index >= 15 is 0 Å². The van der Waals surface area contributed by atoms with E-state index < -0.39 is 0 Å². The summed E-state index contributed by atoms with van der Waals surface area (Å²) in [6.07, 6.45) is 0. The van der Waals surface area contributed by atoms with Gasteiger partial charge in [-0.05, 0) is 19.1 Å². The minimum Gasteiger partial charge on any atom is -0.325 e. The Bertz CT molecular complexity index is 719. The molecule has 2 aromatic rings. The lowest BCUT2D eigenvalue weighted by molar-refractivity contribution is -0.113. The molecule has 0 aliphatic heterocycles. The first-order valence-corrected chi connectivity index (χ1v) is 8.21. The van der Waals surface area contributed by atoms with E-state index in [9.17, 15) is 9.59 Å². The fourth-order valence-electron chi connectivity index (χ4n) is 1.79. The second kappa shape index (κ2) is 6.95. The molecule has 0 atom stereocenters. The maximum atomic E-state index is 12.0. The minimum absolute atomic E-state index is 0.0362. The molecule has 1 aromatic heterocycles. The summed E-state index contributed by atoms with van der Waals surface area (Å²) in [5.74, 6) is 0.782. The number of carbonyl (C=O) groups is 2. The van der Waals surface area contributed by atoms with Gasteiger partial charge in [0.15, 0.2) is 5.78 Å². The maximum Gasteiger partial charge on any atom is 0.234 e. The molecule has 7 heteroatoms. The molecule has 1 heterocycles. The minimum atomic E-state index is -0.169. The third kappa shape index (κ3) is 4.92. The Morgan fingerprint density at radius 2 is 2.04 bits per heavy atom. The molecular weight excluding hydrogens is 312 g/mol. The second-order valence-electron chi connectivity index (χ2n) is 6.19. The van der Waals surface area contributed by atoms with E-state index in [1.54, 1.807) is 24.3 Å². The van der Waals surface area contributed by atoms with Gasteiger partial charge in [0.05, 0.1) is 5.75 Å². The maximum absolute atomic E-state index is 12.0. The molecule has 0 aliphatic carbocycles. The highest BCUT2D eigenvalue weighted by Gasteiger charge is 2.19. The zero-order valence-corrected chi connectivity index (χ0v) is 14.5. The molecule has 0 aliphatic rings. The first kappa shape index (κ1) is 17.2. The Morgan fingerprint density at radius 3 is 2.65 bits per heavy atom. The van der Waals surface area contributed by atoms with E-state index in [1.807, 2.05) is 20.8 Å². The number of benzene rings is 1. The molecule has 1 aromatic carbocycles. The van der Waals surface area contributed by atoms with E-state index in [2.05, 4.69) is 20.5 Å². The van der Waals surface area contributed by atoms with Crippen molar-refractivity contribution < 1.29 is 9.59 Å². The fraction of sp³-hybridized carbons (Fsp3) is 0.375. The van der Waals surface area contributed by atoms with E-state index in [-0.39, 0.29) is 22.9 Å². The van der Waals surface area contributed by atoms with Crippen LogP contribution in [0.25, 0.3) is 0 Å². The predicted molar refractivity (Wildman–Crippen MR) is 90.9 cm³/mol. The van der Waals surface area contributed by atoms with Crippen molar-refractivity contribution in [3.8, 4) is 0 Å². The third-order valence-electron chi connectivity index (χ3n) is 3.06. The molecule has 1 amide bonds. The van der Waals surface area contributed by atoms with Crippen LogP contribution in [0.2, 0.25) is 0 Å². The van der Waals surface area contributed by atoms with Crippen LogP contribution in [-0.2, 0) is 10.2 Å². The lowest BCUT2D eigenvalue weighted by atomic mass is 9.96. The summed E-state index contributed by atoms with van der Waals surface area (Å²) < 4.78 is 0. The highest BCUT2D eigenvalue weighted by atomic mass is 32.2. The van der Waals surface area contributed by atoms with E-state index in [0.717, 1.165) is 5.82 Å². The van der Waals surface area contributed by atoms with Gasteiger partial charge in [-0.25, -0.2) is 4.98 Å². The van der Waals surface area contributed by atoms with Crippen molar-refractivity contribution in [1.29, 1.82) is 0 Å². The van der Waals surface area contributed by atoms with Crippen LogP contribution in [0.4, 0.5) is 5.69 Å². The standard InChI is InChI=1S/C16H20N4O2S/c1-10(21)11-6-5-7-12(8-11)17-13(22)9-23-15-18-14(19-20-15)16(2,3)4/h5-8H,9H2,1-4H3,(H,17,22)(H,18,19,20). The number of anilines is 1. The number of H-pyrrole nitrogens is 1. The average molecular weight is 332 g/mol. The van der Waals surface area contributed by atoms with Crippen LogP contribution in [0.5, 0.6) is 0 Å². The number of nitrogens with zero attached hydrogens (tertiary/aromatic N) is 2. The van der Waals surface area contributed by atoms with Crippen LogP contribution in [0.1, 0.15) is 43.9 Å². The number of thioether (sulfide) groups is 1. The Hall–Kier alpha value is -2.15. The second-order valence-corrected chi connectivity index (χ2v) is 7.13. The van der Waals surface area contributed by atoms with Crippen LogP contribution in [0.3, 0.4) is 0 Å². The molecule has 2 N–H and O–H groups in total. The van der Waals surface area contributed by atoms with Gasteiger partial charge in [0.1, 0.15) is 5.82 Å². The summed E-state index contributed by atoms with van der Waals surface area (Å²) in [5.41, 5.74) is 1.06. The zero-order chi connectivity index (χ0) is 17.0. The monoisotopic (exact) mass is 332 g/mol. The molecule has 2 rings (SSSR count). The largest absolute Gasteiger partial charge is 0.325 e. The lowest BCUT2D eigenvalue weighted by Crippen LogP contribution is -2.14. The van der Waals surface area contributed by atoms with Crippen molar-refractivity contribution in [1.82, 2.24) is 15.2 Å². The van der Waals surface area contributed by atoms with E-state index in [1.165, 1.54) is 18.7 Å². The third-order valence-corrected chi connectivity index (χ3v) is 3.91. The molecule has 23 heavy (non-hydrogen) atoms. The van der Waals surface area contributed by atoms with Crippen LogP contribution < -0.4 is 5.32 Å². The van der Waals surface area contributed by atoms with Gasteiger partial charge in [-0.1, -0.05) is 44.7 Å². The number of nitrogens with one attached hydrogen (secondary N) is 2. The number of amides is 1. The van der Waals surface area contributed by atoms with Crippen molar-refractivity contribution in [2.75, 3.05) is 11.1 Å². The Kier molecular flexibility index (Phi) is 5.20. The molecule has 0 spiro atoms. The van der Waals surface area contributed by atoms with Gasteiger partial charge >= 0.3 is 0 Å². The summed E-state index contributed by atoms with van der Waals surface area (Å²) >= 11 is 1.26. The van der Waals surface area contributed by atoms with Gasteiger partial charge < -0.3 is 5.32 Å². The van der Waals surface area contributed by atoms with Gasteiger partial charge in [-0.2, -0.15) is 0 Å². The molecule has 0 bridgehead atoms. The first-order chi connectivity index (χ1) is 10.8. The van der Waals surface area contributed by atoms with Gasteiger partial charge in [-0.15, -0.1) is 5.10 Å². The topological polar surface area (TPSA) is 87.7 Å². The number of carbonyl (C=O) groups excluding carboxylic acids is 2. The zero-order valence-electron chi connectivity index (χ0n) is 13.6. The molecule has 6 nitrogen and oxygen atoms in total. The Morgan fingerprint density at radius 1 is 1.30 bits per heavy atom. The van der Waals surface area contributed by atoms with Crippen LogP contribution in [0, 0.1) is 0 Å². The quantitative estimate of drug-likeness (QED) is 0.649. The SMILES string of the molecule is CC(=O)c1cccc(NC(=O)CSc2n[nH]c(C(C)(C)C)n2)c1. The van der Waals surface area contributed by atoms with Gasteiger partial charge in [0.25, 0.3) is 0 Å². The molecule has 0 saturated heterocycles. The number of rotatable bonds is 5. The number of aromatic nitrogens is 3. The number of hydrogen-bond acceptors (Lipinski definition) is 5. The molecule has 0 fully saturated rings. The normalized spacial score (nSPS) is 11.3. The smallest absolute Gasteiger partial charge is 0.234 e. The number of ketones is 1. The van der Waals surface area contributed by atoms with Gasteiger partial charge in [-0.3, -0.25) is 14.7 Å². The summed E-state index contributed by atoms with van der Waals surface area (Å²) in [5, 5.41) is 10.3. The van der Waals surface area contributed by atoms with E-state index in [4.69, 9.17) is 0 Å². The van der Waals surface area contributed by atoms with Gasteiger partial charge in [0, 0.05) is 16.7 Å². The van der Waals surface area contributed by atoms with Crippen molar-refractivity contribution in [3.05, 3.63) is 35.7 Å². The Balaban J connectivity index is 1.91. The lowest BCUT2D eigenvalue weighted by Gasteiger charge is -2.12. The predicted octanol–water partition coefficient (Wildman–Crippen LogP) is 3.04. The highest BCUT2D eigenvalue weighted by Crippen LogP contribution is 2.21. The number of aromatic amines is 1. The molecule has 122 valence electrons. The van der Waals surface area contributed by atoms with Crippen LogP contribution in [-0.4, -0.2) is 32.6 Å². The van der Waals surface area contributed by atoms with Crippen molar-refractivity contribution in [2.45, 2.75) is 38.3 Å². The number of hydrogen-bond donors (Lipinski definition) is 2. The molecular formula is C16H20N4O2S. The fourth-order valence-corrected chi connectivity index (χ4v) is 2.39. The molecule has 0 unspecified atom stereocenters. The van der Waals surface area contributed by atoms with Gasteiger partial charge in [0.2, 0.25) is 11.1 Å². The van der Waals surface area contributed by atoms with Crippen LogP contribution in [0.15, 0.2) is 29.4 Å². The van der Waals surface area contributed by atoms with Crippen molar-refractivity contribution >= 4 is 29.1 Å². The number of Topliss-reactive ketones (excluding diaryl/α,β-unsaturated/α-hetero) is 1. The van der Waals surface area contributed by atoms with Crippen LogP contribution >= 0.6 is 11.8 Å². The van der Waals surface area contributed by atoms with E-state index in [0.29, 0.717) is 16.4 Å². The first-order valence-electron chi connectivity index (χ1n) is 7.22. The summed E-state index contributed by atoms with van der Waals surface area (Å²) in [7, 11) is 0. The van der Waals surface area contributed by atoms with Crippen molar-refractivity contribution in [3.63, 3.8) is 0 Å². The Labute approximate surface area is 139 Å². The molecule has 0 saturated carbocycles. The summed E-state index contributed by atoms with van der Waals surface area (Å²) in [4.78, 5) is 27.7. The molecule has 0 radical (unpaired) electrons. The average Bonchev–Trinajstić information content (AvgIpc) is 2.94. The van der Waals surface area contributed by atoms with Crippen molar-refractivity contribution in [2.24, 2.45) is 0 Å².